The zero-order valence-electron chi connectivity index (χ0n) is 15.8. The lowest BCUT2D eigenvalue weighted by Gasteiger charge is -2.29. The van der Waals surface area contributed by atoms with Crippen LogP contribution in [-0.4, -0.2) is 42.6 Å². The van der Waals surface area contributed by atoms with Crippen molar-refractivity contribution in [2.24, 2.45) is 5.92 Å². The van der Waals surface area contributed by atoms with E-state index < -0.39 is 15.8 Å². The zero-order valence-corrected chi connectivity index (χ0v) is 16.6. The molecule has 1 aromatic carbocycles. The molecule has 2 heterocycles. The van der Waals surface area contributed by atoms with Gasteiger partial charge in [0.25, 0.3) is 5.89 Å². The monoisotopic (exact) mass is 409 g/mol. The van der Waals surface area contributed by atoms with Gasteiger partial charge in [-0.3, -0.25) is 0 Å². The molecular formula is C19H24FN3O4S. The van der Waals surface area contributed by atoms with Crippen molar-refractivity contribution in [3.63, 3.8) is 0 Å². The summed E-state index contributed by atoms with van der Waals surface area (Å²) < 4.78 is 51.3. The number of ether oxygens (including phenoxy) is 1. The fraction of sp³-hybridized carbons (Fsp3) is 0.579. The number of hydrogen-bond donors (Lipinski definition) is 0. The van der Waals surface area contributed by atoms with Crippen LogP contribution in [0.2, 0.25) is 0 Å². The predicted molar refractivity (Wildman–Crippen MR) is 98.5 cm³/mol. The Labute approximate surface area is 163 Å². The minimum atomic E-state index is -3.63. The Hall–Kier alpha value is -1.84. The summed E-state index contributed by atoms with van der Waals surface area (Å²) in [5, 5.41) is 4.04. The number of aryl methyl sites for hydroxylation is 1. The second-order valence-electron chi connectivity index (χ2n) is 7.59. The minimum Gasteiger partial charge on any atom is -0.371 e. The Morgan fingerprint density at radius 2 is 2.00 bits per heavy atom. The number of aromatic nitrogens is 2. The number of hydrogen-bond acceptors (Lipinski definition) is 6. The molecule has 0 atom stereocenters. The topological polar surface area (TPSA) is 85.5 Å². The standard InChI is InChI=1S/C19H24FN3O4S/c1-13-10-16(4-5-17(13)20)28(24,25)23-8-6-15(7-9-23)19-21-18(27-22-19)12-26-11-14-2-3-14/h4-5,10,14-15H,2-3,6-9,11-12H2,1H3. The summed E-state index contributed by atoms with van der Waals surface area (Å²) in [6.07, 6.45) is 3.69. The number of sulfonamides is 1. The second kappa shape index (κ2) is 7.88. The van der Waals surface area contributed by atoms with Crippen molar-refractivity contribution >= 4 is 10.0 Å². The molecule has 0 amide bonds. The lowest BCUT2D eigenvalue weighted by Crippen LogP contribution is -2.38. The molecule has 1 aliphatic heterocycles. The third-order valence-corrected chi connectivity index (χ3v) is 7.24. The first-order valence-corrected chi connectivity index (χ1v) is 11.0. The Kier molecular flexibility index (Phi) is 5.48. The molecular weight excluding hydrogens is 385 g/mol. The quantitative estimate of drug-likeness (QED) is 0.699. The van der Waals surface area contributed by atoms with Gasteiger partial charge in [0, 0.05) is 19.0 Å². The van der Waals surface area contributed by atoms with Crippen LogP contribution in [0.5, 0.6) is 0 Å². The van der Waals surface area contributed by atoms with Gasteiger partial charge in [0.2, 0.25) is 10.0 Å². The molecule has 1 saturated heterocycles. The first kappa shape index (κ1) is 19.5. The molecule has 0 unspecified atom stereocenters. The lowest BCUT2D eigenvalue weighted by molar-refractivity contribution is 0.0894. The van der Waals surface area contributed by atoms with Crippen molar-refractivity contribution < 1.29 is 22.1 Å². The first-order valence-electron chi connectivity index (χ1n) is 9.60. The lowest BCUT2D eigenvalue weighted by atomic mass is 9.98. The van der Waals surface area contributed by atoms with Gasteiger partial charge in [-0.05, 0) is 62.3 Å². The van der Waals surface area contributed by atoms with Gasteiger partial charge in [-0.2, -0.15) is 9.29 Å². The van der Waals surface area contributed by atoms with Gasteiger partial charge in [-0.1, -0.05) is 5.16 Å². The Morgan fingerprint density at radius 3 is 2.68 bits per heavy atom. The molecule has 9 heteroatoms. The molecule has 0 N–H and O–H groups in total. The van der Waals surface area contributed by atoms with Crippen LogP contribution in [0.4, 0.5) is 4.39 Å². The van der Waals surface area contributed by atoms with Gasteiger partial charge < -0.3 is 9.26 Å². The highest BCUT2D eigenvalue weighted by Crippen LogP contribution is 2.31. The largest absolute Gasteiger partial charge is 0.371 e. The molecule has 2 aromatic rings. The van der Waals surface area contributed by atoms with Gasteiger partial charge in [0.1, 0.15) is 12.4 Å². The fourth-order valence-corrected chi connectivity index (χ4v) is 4.93. The molecule has 28 heavy (non-hydrogen) atoms. The van der Waals surface area contributed by atoms with Crippen molar-refractivity contribution in [3.8, 4) is 0 Å². The van der Waals surface area contributed by atoms with Crippen molar-refractivity contribution in [3.05, 3.63) is 41.3 Å². The van der Waals surface area contributed by atoms with E-state index in [1.165, 1.54) is 35.3 Å². The van der Waals surface area contributed by atoms with E-state index >= 15 is 0 Å². The Morgan fingerprint density at radius 1 is 1.25 bits per heavy atom. The summed E-state index contributed by atoms with van der Waals surface area (Å²) in [6, 6.07) is 3.89. The summed E-state index contributed by atoms with van der Waals surface area (Å²) >= 11 is 0. The van der Waals surface area contributed by atoms with Crippen molar-refractivity contribution in [1.29, 1.82) is 0 Å². The van der Waals surface area contributed by atoms with Crippen LogP contribution in [0.25, 0.3) is 0 Å². The van der Waals surface area contributed by atoms with Crippen molar-refractivity contribution in [2.45, 2.75) is 50.0 Å². The summed E-state index contributed by atoms with van der Waals surface area (Å²) in [7, 11) is -3.63. The van der Waals surface area contributed by atoms with E-state index in [4.69, 9.17) is 9.26 Å². The van der Waals surface area contributed by atoms with Crippen LogP contribution in [0.15, 0.2) is 27.6 Å². The van der Waals surface area contributed by atoms with E-state index in [-0.39, 0.29) is 10.8 Å². The highest BCUT2D eigenvalue weighted by atomic mass is 32.2. The van der Waals surface area contributed by atoms with E-state index in [1.807, 2.05) is 0 Å². The maximum Gasteiger partial charge on any atom is 0.252 e. The second-order valence-corrected chi connectivity index (χ2v) is 9.53. The van der Waals surface area contributed by atoms with E-state index in [1.54, 1.807) is 6.92 Å². The number of halogens is 1. The molecule has 2 fully saturated rings. The Bertz CT molecular complexity index is 934. The molecule has 7 nitrogen and oxygen atoms in total. The average molecular weight is 409 g/mol. The van der Waals surface area contributed by atoms with Gasteiger partial charge in [-0.15, -0.1) is 0 Å². The molecule has 152 valence electrons. The summed E-state index contributed by atoms with van der Waals surface area (Å²) in [5.41, 5.74) is 0.319. The van der Waals surface area contributed by atoms with Gasteiger partial charge in [0.15, 0.2) is 5.82 Å². The normalized spacial score (nSPS) is 19.2. The van der Waals surface area contributed by atoms with Crippen LogP contribution in [0.3, 0.4) is 0 Å². The summed E-state index contributed by atoms with van der Waals surface area (Å²) in [6.45, 7) is 3.34. The molecule has 0 bridgehead atoms. The van der Waals surface area contributed by atoms with Crippen LogP contribution in [-0.2, 0) is 21.4 Å². The summed E-state index contributed by atoms with van der Waals surface area (Å²) in [5.74, 6) is 1.40. The molecule has 0 radical (unpaired) electrons. The van der Waals surface area contributed by atoms with Crippen LogP contribution in [0, 0.1) is 18.7 Å². The maximum atomic E-state index is 13.4. The molecule has 1 aliphatic carbocycles. The zero-order chi connectivity index (χ0) is 19.7. The van der Waals surface area contributed by atoms with Crippen molar-refractivity contribution in [2.75, 3.05) is 19.7 Å². The van der Waals surface area contributed by atoms with Gasteiger partial charge in [0.05, 0.1) is 11.5 Å². The number of nitrogens with zero attached hydrogens (tertiary/aromatic N) is 3. The number of benzene rings is 1. The smallest absolute Gasteiger partial charge is 0.252 e. The summed E-state index contributed by atoms with van der Waals surface area (Å²) in [4.78, 5) is 4.53. The molecule has 2 aliphatic rings. The van der Waals surface area contributed by atoms with Crippen LogP contribution >= 0.6 is 0 Å². The molecule has 1 aromatic heterocycles. The molecule has 4 rings (SSSR count). The molecule has 0 spiro atoms. The SMILES string of the molecule is Cc1cc(S(=O)(=O)N2CCC(c3noc(COCC4CC4)n3)CC2)ccc1F. The third kappa shape index (κ3) is 4.26. The third-order valence-electron chi connectivity index (χ3n) is 5.35. The van der Waals surface area contributed by atoms with E-state index in [0.717, 1.165) is 6.61 Å². The number of rotatable bonds is 7. The van der Waals surface area contributed by atoms with Crippen molar-refractivity contribution in [1.82, 2.24) is 14.4 Å². The first-order chi connectivity index (χ1) is 13.4. The van der Waals surface area contributed by atoms with E-state index in [9.17, 15) is 12.8 Å². The highest BCUT2D eigenvalue weighted by molar-refractivity contribution is 7.89. The maximum absolute atomic E-state index is 13.4. The minimum absolute atomic E-state index is 0.0577. The predicted octanol–water partition coefficient (Wildman–Crippen LogP) is 3.01. The Balaban J connectivity index is 1.34. The van der Waals surface area contributed by atoms with Gasteiger partial charge >= 0.3 is 0 Å². The van der Waals surface area contributed by atoms with Crippen LogP contribution < -0.4 is 0 Å². The fourth-order valence-electron chi connectivity index (χ4n) is 3.37. The van der Waals surface area contributed by atoms with E-state index in [2.05, 4.69) is 10.1 Å². The van der Waals surface area contributed by atoms with Crippen LogP contribution in [0.1, 0.15) is 48.9 Å². The molecule has 1 saturated carbocycles. The highest BCUT2D eigenvalue weighted by Gasteiger charge is 2.32. The van der Waals surface area contributed by atoms with Gasteiger partial charge in [-0.25, -0.2) is 12.8 Å². The average Bonchev–Trinajstić information content (AvgIpc) is 3.39. The number of piperidine rings is 1. The van der Waals surface area contributed by atoms with E-state index in [0.29, 0.717) is 55.7 Å².